The van der Waals surface area contributed by atoms with Crippen LogP contribution in [0.5, 0.6) is 0 Å². The van der Waals surface area contributed by atoms with Crippen LogP contribution in [0.1, 0.15) is 0 Å². The monoisotopic (exact) mass is 230 g/mol. The molecule has 0 aromatic carbocycles. The van der Waals surface area contributed by atoms with E-state index in [9.17, 15) is 0 Å². The first-order valence-corrected chi connectivity index (χ1v) is 4.55. The molecule has 0 bridgehead atoms. The number of aryl methyl sites for hydroxylation is 2. The van der Waals surface area contributed by atoms with Gasteiger partial charge in [0.1, 0.15) is 12.7 Å². The molecule has 8 heteroatoms. The number of H-pyrrole nitrogens is 2. The minimum absolute atomic E-state index is 0.530. The molecule has 0 aliphatic carbocycles. The summed E-state index contributed by atoms with van der Waals surface area (Å²) in [6, 6.07) is 0. The molecule has 76 valence electrons. The molecule has 0 radical (unpaired) electrons. The fraction of sp³-hybridized carbons (Fsp3) is 0.333. The van der Waals surface area contributed by atoms with Crippen molar-refractivity contribution in [1.29, 1.82) is 0 Å². The summed E-state index contributed by atoms with van der Waals surface area (Å²) in [7, 11) is 3.67. The largest absolute Gasteiger partial charge is 0.278 e. The number of hydrogen-bond donors (Lipinski definition) is 2. The normalized spacial score (nSPS) is 9.29. The Bertz CT molecular complexity index is 442. The van der Waals surface area contributed by atoms with Gasteiger partial charge in [0.15, 0.2) is 0 Å². The van der Waals surface area contributed by atoms with Crippen LogP contribution in [0.2, 0.25) is 0 Å². The predicted octanol–water partition coefficient (Wildman–Crippen LogP) is 0.955. The molecule has 14 heavy (non-hydrogen) atoms. The summed E-state index contributed by atoms with van der Waals surface area (Å²) < 4.78 is 4.45. The molecule has 0 amide bonds. The Labute approximate surface area is 90.6 Å². The summed E-state index contributed by atoms with van der Waals surface area (Å²) in [5.74, 6) is 0. The van der Waals surface area contributed by atoms with Crippen LogP contribution in [0.15, 0.2) is 12.7 Å². The molecule has 0 atom stereocenters. The second-order valence-corrected chi connectivity index (χ2v) is 3.32. The molecule has 2 heterocycles. The third kappa shape index (κ3) is 3.62. The van der Waals surface area contributed by atoms with Crippen molar-refractivity contribution < 1.29 is 0 Å². The van der Waals surface area contributed by atoms with Crippen LogP contribution in [0.3, 0.4) is 0 Å². The topological polar surface area (TPSA) is 67.2 Å². The Balaban J connectivity index is 0.000000140. The zero-order chi connectivity index (χ0) is 10.6. The summed E-state index contributed by atoms with van der Waals surface area (Å²) in [5, 5.41) is 5.52. The lowest BCUT2D eigenvalue weighted by atomic mass is 11.2. The molecule has 0 aliphatic heterocycles. The second-order valence-electron chi connectivity index (χ2n) is 2.54. The van der Waals surface area contributed by atoms with E-state index in [4.69, 9.17) is 0 Å². The highest BCUT2D eigenvalue weighted by molar-refractivity contribution is 7.71. The first-order valence-electron chi connectivity index (χ1n) is 3.73. The summed E-state index contributed by atoms with van der Waals surface area (Å²) in [4.78, 5) is 7.48. The van der Waals surface area contributed by atoms with Crippen molar-refractivity contribution in [3.63, 3.8) is 0 Å². The van der Waals surface area contributed by atoms with Gasteiger partial charge in [-0.1, -0.05) is 0 Å². The maximum atomic E-state index is 4.65. The van der Waals surface area contributed by atoms with Crippen LogP contribution in [-0.4, -0.2) is 29.5 Å². The molecular formula is C6H10N6S2. The lowest BCUT2D eigenvalue weighted by molar-refractivity contribution is 0.762. The quantitative estimate of drug-likeness (QED) is 0.661. The summed E-state index contributed by atoms with van der Waals surface area (Å²) >= 11 is 9.29. The van der Waals surface area contributed by atoms with E-state index in [1.165, 1.54) is 0 Å². The van der Waals surface area contributed by atoms with Gasteiger partial charge in [-0.2, -0.15) is 0 Å². The Morgan fingerprint density at radius 2 is 1.36 bits per heavy atom. The standard InChI is InChI=1S/2C3H5N3S/c2*1-6-2-4-3(7)5-6/h2*2H,1H3,(H,5,7). The van der Waals surface area contributed by atoms with E-state index >= 15 is 0 Å². The Hall–Kier alpha value is -1.28. The smallest absolute Gasteiger partial charge is 0.213 e. The first-order chi connectivity index (χ1) is 6.58. The fourth-order valence-electron chi connectivity index (χ4n) is 0.695. The van der Waals surface area contributed by atoms with Gasteiger partial charge in [0.2, 0.25) is 9.54 Å². The van der Waals surface area contributed by atoms with Crippen molar-refractivity contribution in [2.45, 2.75) is 0 Å². The molecular weight excluding hydrogens is 220 g/mol. The molecule has 0 saturated heterocycles. The number of nitrogens with zero attached hydrogens (tertiary/aromatic N) is 4. The van der Waals surface area contributed by atoms with E-state index in [2.05, 4.69) is 44.6 Å². The van der Waals surface area contributed by atoms with Gasteiger partial charge in [-0.15, -0.1) is 0 Å². The number of rotatable bonds is 0. The van der Waals surface area contributed by atoms with Crippen LogP contribution in [0.25, 0.3) is 0 Å². The van der Waals surface area contributed by atoms with Gasteiger partial charge in [-0.05, 0) is 24.4 Å². The van der Waals surface area contributed by atoms with Gasteiger partial charge < -0.3 is 0 Å². The fourth-order valence-corrected chi connectivity index (χ4v) is 1.08. The van der Waals surface area contributed by atoms with Crippen molar-refractivity contribution in [2.24, 2.45) is 14.1 Å². The zero-order valence-electron chi connectivity index (χ0n) is 7.76. The van der Waals surface area contributed by atoms with Gasteiger partial charge in [0.05, 0.1) is 0 Å². The Kier molecular flexibility index (Phi) is 3.72. The maximum Gasteiger partial charge on any atom is 0.213 e. The van der Waals surface area contributed by atoms with Crippen LogP contribution in [-0.2, 0) is 14.1 Å². The Morgan fingerprint density at radius 3 is 1.43 bits per heavy atom. The second kappa shape index (κ2) is 4.82. The molecule has 2 N–H and O–H groups in total. The SMILES string of the molecule is Cn1cnc(=S)[nH]1.Cn1cnc(=S)[nH]1. The van der Waals surface area contributed by atoms with E-state index < -0.39 is 0 Å². The highest BCUT2D eigenvalue weighted by Gasteiger charge is 1.76. The highest BCUT2D eigenvalue weighted by Crippen LogP contribution is 1.74. The van der Waals surface area contributed by atoms with Gasteiger partial charge in [-0.3, -0.25) is 19.6 Å². The first kappa shape index (κ1) is 10.8. The molecule has 0 aliphatic rings. The molecule has 2 rings (SSSR count). The third-order valence-corrected chi connectivity index (χ3v) is 1.63. The van der Waals surface area contributed by atoms with Crippen molar-refractivity contribution >= 4 is 24.4 Å². The molecule has 0 saturated carbocycles. The number of aromatic amines is 2. The number of nitrogens with one attached hydrogen (secondary N) is 2. The van der Waals surface area contributed by atoms with E-state index in [0.717, 1.165) is 0 Å². The van der Waals surface area contributed by atoms with Crippen molar-refractivity contribution in [1.82, 2.24) is 29.5 Å². The minimum atomic E-state index is 0.530. The predicted molar refractivity (Wildman–Crippen MR) is 56.8 cm³/mol. The summed E-state index contributed by atoms with van der Waals surface area (Å²) in [6.07, 6.45) is 3.25. The van der Waals surface area contributed by atoms with Crippen LogP contribution >= 0.6 is 24.4 Å². The molecule has 0 spiro atoms. The summed E-state index contributed by atoms with van der Waals surface area (Å²) in [5.41, 5.74) is 0. The van der Waals surface area contributed by atoms with Gasteiger partial charge in [0.25, 0.3) is 0 Å². The lowest BCUT2D eigenvalue weighted by Gasteiger charge is -1.78. The third-order valence-electron chi connectivity index (χ3n) is 1.24. The Morgan fingerprint density at radius 1 is 1.00 bits per heavy atom. The zero-order valence-corrected chi connectivity index (χ0v) is 9.39. The van der Waals surface area contributed by atoms with Crippen LogP contribution in [0, 0.1) is 9.54 Å². The average Bonchev–Trinajstić information content (AvgIpc) is 2.63. The van der Waals surface area contributed by atoms with Crippen molar-refractivity contribution in [3.8, 4) is 0 Å². The van der Waals surface area contributed by atoms with Gasteiger partial charge in [0, 0.05) is 14.1 Å². The van der Waals surface area contributed by atoms with E-state index in [1.807, 2.05) is 14.1 Å². The lowest BCUT2D eigenvalue weighted by Crippen LogP contribution is -1.84. The van der Waals surface area contributed by atoms with E-state index in [0.29, 0.717) is 9.54 Å². The van der Waals surface area contributed by atoms with Crippen LogP contribution < -0.4 is 0 Å². The van der Waals surface area contributed by atoms with Crippen molar-refractivity contribution in [2.75, 3.05) is 0 Å². The number of aromatic nitrogens is 6. The molecule has 2 aromatic rings. The average molecular weight is 230 g/mol. The molecule has 2 aromatic heterocycles. The van der Waals surface area contributed by atoms with E-state index in [1.54, 1.807) is 22.0 Å². The van der Waals surface area contributed by atoms with Crippen molar-refractivity contribution in [3.05, 3.63) is 22.2 Å². The molecule has 0 unspecified atom stereocenters. The number of hydrogen-bond acceptors (Lipinski definition) is 4. The minimum Gasteiger partial charge on any atom is -0.278 e. The highest BCUT2D eigenvalue weighted by atomic mass is 32.1. The van der Waals surface area contributed by atoms with Gasteiger partial charge in [-0.25, -0.2) is 9.97 Å². The van der Waals surface area contributed by atoms with E-state index in [-0.39, 0.29) is 0 Å². The molecule has 6 nitrogen and oxygen atoms in total. The summed E-state index contributed by atoms with van der Waals surface area (Å²) in [6.45, 7) is 0. The molecule has 0 fully saturated rings. The van der Waals surface area contributed by atoms with Gasteiger partial charge >= 0.3 is 0 Å². The van der Waals surface area contributed by atoms with Crippen LogP contribution in [0.4, 0.5) is 0 Å². The maximum absolute atomic E-state index is 4.65.